The fraction of sp³-hybridized carbons (Fsp3) is 0.421. The number of hydrogen-bond acceptors (Lipinski definition) is 6. The molecule has 1 aliphatic heterocycles. The molecule has 0 atom stereocenters. The Morgan fingerprint density at radius 3 is 2.85 bits per heavy atom. The van der Waals surface area contributed by atoms with Crippen molar-refractivity contribution in [3.63, 3.8) is 0 Å². The van der Waals surface area contributed by atoms with Gasteiger partial charge in [0.15, 0.2) is 5.65 Å². The van der Waals surface area contributed by atoms with Crippen LogP contribution in [0.2, 0.25) is 0 Å². The fourth-order valence-electron chi connectivity index (χ4n) is 3.39. The van der Waals surface area contributed by atoms with Crippen LogP contribution in [-0.4, -0.2) is 44.4 Å². The van der Waals surface area contributed by atoms with Crippen molar-refractivity contribution in [1.29, 1.82) is 0 Å². The highest BCUT2D eigenvalue weighted by molar-refractivity contribution is 5.60. The number of aryl methyl sites for hydroxylation is 1. The summed E-state index contributed by atoms with van der Waals surface area (Å²) in [5.41, 5.74) is 3.05. The van der Waals surface area contributed by atoms with Crippen LogP contribution in [0.4, 0.5) is 11.6 Å². The first-order valence-electron chi connectivity index (χ1n) is 9.08. The molecule has 3 aromatic heterocycles. The Morgan fingerprint density at radius 1 is 1.27 bits per heavy atom. The van der Waals surface area contributed by atoms with Crippen LogP contribution in [0.5, 0.6) is 0 Å². The summed E-state index contributed by atoms with van der Waals surface area (Å²) in [6.07, 6.45) is 7.48. The van der Waals surface area contributed by atoms with Gasteiger partial charge in [0.2, 0.25) is 0 Å². The van der Waals surface area contributed by atoms with Crippen LogP contribution >= 0.6 is 0 Å². The lowest BCUT2D eigenvalue weighted by atomic mass is 9.98. The van der Waals surface area contributed by atoms with E-state index in [0.29, 0.717) is 12.5 Å². The normalized spacial score (nSPS) is 15.5. The van der Waals surface area contributed by atoms with Crippen molar-refractivity contribution in [2.45, 2.75) is 26.3 Å². The van der Waals surface area contributed by atoms with E-state index in [0.717, 1.165) is 54.3 Å². The molecule has 0 aliphatic carbocycles. The Balaban J connectivity index is 1.61. The predicted molar refractivity (Wildman–Crippen MR) is 101 cm³/mol. The molecule has 7 heteroatoms. The minimum Gasteiger partial charge on any atom is -0.396 e. The SMILES string of the molecule is Cc1cnn2c(NCc3cccnc3)cc(N3CCC(CO)CC3)nc12. The molecular weight excluding hydrogens is 328 g/mol. The van der Waals surface area contributed by atoms with E-state index in [-0.39, 0.29) is 6.61 Å². The van der Waals surface area contributed by atoms with Crippen LogP contribution in [-0.2, 0) is 6.54 Å². The van der Waals surface area contributed by atoms with Crippen LogP contribution in [0.3, 0.4) is 0 Å². The lowest BCUT2D eigenvalue weighted by molar-refractivity contribution is 0.203. The minimum atomic E-state index is 0.278. The topological polar surface area (TPSA) is 78.6 Å². The molecule has 4 rings (SSSR count). The third-order valence-electron chi connectivity index (χ3n) is 5.03. The van der Waals surface area contributed by atoms with Crippen LogP contribution in [0.1, 0.15) is 24.0 Å². The first kappa shape index (κ1) is 16.8. The standard InChI is InChI=1S/C19H24N6O/c1-14-10-22-25-17(21-12-16-3-2-6-20-11-16)9-18(23-19(14)25)24-7-4-15(13-26)5-8-24/h2-3,6,9-11,15,21,26H,4-5,7-8,12-13H2,1H3. The molecule has 2 N–H and O–H groups in total. The van der Waals surface area contributed by atoms with Crippen molar-refractivity contribution in [2.75, 3.05) is 29.9 Å². The second-order valence-electron chi connectivity index (χ2n) is 6.89. The Hall–Kier alpha value is -2.67. The first-order chi connectivity index (χ1) is 12.7. The number of piperidine rings is 1. The number of rotatable bonds is 5. The number of pyridine rings is 1. The van der Waals surface area contributed by atoms with Gasteiger partial charge in [0.1, 0.15) is 11.6 Å². The van der Waals surface area contributed by atoms with Crippen LogP contribution in [0.25, 0.3) is 5.65 Å². The monoisotopic (exact) mass is 352 g/mol. The maximum absolute atomic E-state index is 9.36. The summed E-state index contributed by atoms with van der Waals surface area (Å²) in [6.45, 7) is 4.83. The Labute approximate surface area is 152 Å². The summed E-state index contributed by atoms with van der Waals surface area (Å²) in [4.78, 5) is 11.3. The summed E-state index contributed by atoms with van der Waals surface area (Å²) in [5, 5.41) is 17.3. The van der Waals surface area contributed by atoms with Gasteiger partial charge in [0.05, 0.1) is 6.20 Å². The van der Waals surface area contributed by atoms with E-state index in [9.17, 15) is 5.11 Å². The quantitative estimate of drug-likeness (QED) is 0.733. The van der Waals surface area contributed by atoms with Gasteiger partial charge < -0.3 is 15.3 Å². The second kappa shape index (κ2) is 7.29. The van der Waals surface area contributed by atoms with E-state index in [1.165, 1.54) is 0 Å². The number of aliphatic hydroxyl groups excluding tert-OH is 1. The molecule has 4 heterocycles. The Morgan fingerprint density at radius 2 is 2.12 bits per heavy atom. The number of anilines is 2. The molecule has 7 nitrogen and oxygen atoms in total. The van der Waals surface area contributed by atoms with Gasteiger partial charge >= 0.3 is 0 Å². The fourth-order valence-corrected chi connectivity index (χ4v) is 3.39. The lowest BCUT2D eigenvalue weighted by Crippen LogP contribution is -2.35. The van der Waals surface area contributed by atoms with E-state index < -0.39 is 0 Å². The van der Waals surface area contributed by atoms with Gasteiger partial charge in [-0.1, -0.05) is 6.07 Å². The molecule has 3 aromatic rings. The molecular formula is C19H24N6O. The van der Waals surface area contributed by atoms with E-state index in [1.54, 1.807) is 6.20 Å². The van der Waals surface area contributed by atoms with Crippen molar-refractivity contribution >= 4 is 17.3 Å². The highest BCUT2D eigenvalue weighted by atomic mass is 16.3. The molecule has 0 radical (unpaired) electrons. The number of nitrogens with zero attached hydrogens (tertiary/aromatic N) is 5. The average molecular weight is 352 g/mol. The van der Waals surface area contributed by atoms with E-state index >= 15 is 0 Å². The minimum absolute atomic E-state index is 0.278. The van der Waals surface area contributed by atoms with Crippen molar-refractivity contribution in [3.05, 3.63) is 47.9 Å². The van der Waals surface area contributed by atoms with Gasteiger partial charge in [-0.3, -0.25) is 4.98 Å². The maximum Gasteiger partial charge on any atom is 0.162 e. The largest absolute Gasteiger partial charge is 0.396 e. The molecule has 136 valence electrons. The van der Waals surface area contributed by atoms with Crippen molar-refractivity contribution in [3.8, 4) is 0 Å². The molecule has 26 heavy (non-hydrogen) atoms. The van der Waals surface area contributed by atoms with Gasteiger partial charge in [-0.25, -0.2) is 4.98 Å². The number of aliphatic hydroxyl groups is 1. The maximum atomic E-state index is 9.36. The summed E-state index contributed by atoms with van der Waals surface area (Å²) in [5.74, 6) is 2.30. The predicted octanol–water partition coefficient (Wildman–Crippen LogP) is 2.25. The van der Waals surface area contributed by atoms with Gasteiger partial charge in [0, 0.05) is 50.3 Å². The van der Waals surface area contributed by atoms with Crippen LogP contribution in [0, 0.1) is 12.8 Å². The van der Waals surface area contributed by atoms with Gasteiger partial charge in [-0.15, -0.1) is 0 Å². The van der Waals surface area contributed by atoms with E-state index in [1.807, 2.05) is 36.0 Å². The van der Waals surface area contributed by atoms with Gasteiger partial charge in [-0.05, 0) is 37.3 Å². The number of fused-ring (bicyclic) bond motifs is 1. The third kappa shape index (κ3) is 3.35. The third-order valence-corrected chi connectivity index (χ3v) is 5.03. The zero-order valence-electron chi connectivity index (χ0n) is 15.0. The van der Waals surface area contributed by atoms with Crippen LogP contribution < -0.4 is 10.2 Å². The molecule has 1 saturated heterocycles. The van der Waals surface area contributed by atoms with E-state index in [2.05, 4.69) is 26.4 Å². The van der Waals surface area contributed by atoms with Gasteiger partial charge in [0.25, 0.3) is 0 Å². The molecule has 0 bridgehead atoms. The lowest BCUT2D eigenvalue weighted by Gasteiger charge is -2.32. The summed E-state index contributed by atoms with van der Waals surface area (Å²) in [7, 11) is 0. The van der Waals surface area contributed by atoms with Crippen LogP contribution in [0.15, 0.2) is 36.8 Å². The second-order valence-corrected chi connectivity index (χ2v) is 6.89. The van der Waals surface area contributed by atoms with E-state index in [4.69, 9.17) is 4.98 Å². The molecule has 0 amide bonds. The zero-order valence-corrected chi connectivity index (χ0v) is 15.0. The number of nitrogens with one attached hydrogen (secondary N) is 1. The summed E-state index contributed by atoms with van der Waals surface area (Å²) in [6, 6.07) is 6.05. The Bertz CT molecular complexity index is 870. The molecule has 0 spiro atoms. The molecule has 0 saturated carbocycles. The smallest absolute Gasteiger partial charge is 0.162 e. The van der Waals surface area contributed by atoms with Crippen molar-refractivity contribution in [1.82, 2.24) is 19.6 Å². The summed E-state index contributed by atoms with van der Waals surface area (Å²) >= 11 is 0. The Kier molecular flexibility index (Phi) is 4.71. The van der Waals surface area contributed by atoms with Gasteiger partial charge in [-0.2, -0.15) is 9.61 Å². The first-order valence-corrected chi connectivity index (χ1v) is 9.08. The average Bonchev–Trinajstić information content (AvgIpc) is 3.08. The summed E-state index contributed by atoms with van der Waals surface area (Å²) < 4.78 is 1.86. The molecule has 0 unspecified atom stereocenters. The number of hydrogen-bond donors (Lipinski definition) is 2. The van der Waals surface area contributed by atoms with Crippen molar-refractivity contribution < 1.29 is 5.11 Å². The number of aromatic nitrogens is 4. The highest BCUT2D eigenvalue weighted by Crippen LogP contribution is 2.26. The molecule has 0 aromatic carbocycles. The molecule has 1 fully saturated rings. The zero-order chi connectivity index (χ0) is 17.9. The highest BCUT2D eigenvalue weighted by Gasteiger charge is 2.21. The van der Waals surface area contributed by atoms with Crippen molar-refractivity contribution in [2.24, 2.45) is 5.92 Å². The molecule has 1 aliphatic rings.